The normalized spacial score (nSPS) is 12.9. The van der Waals surface area contributed by atoms with Gasteiger partial charge >= 0.3 is 0 Å². The molecule has 1 unspecified atom stereocenters. The number of hydrogen-bond donors (Lipinski definition) is 2. The molecule has 2 aromatic rings. The van der Waals surface area contributed by atoms with Crippen LogP contribution in [0.15, 0.2) is 17.5 Å². The lowest BCUT2D eigenvalue weighted by atomic mass is 10.3. The molecular weight excluding hydrogens is 208 g/mol. The summed E-state index contributed by atoms with van der Waals surface area (Å²) in [7, 11) is 0. The zero-order chi connectivity index (χ0) is 10.7. The maximum atomic E-state index is 4.24. The van der Waals surface area contributed by atoms with Crippen LogP contribution in [0.1, 0.15) is 29.5 Å². The van der Waals surface area contributed by atoms with Crippen molar-refractivity contribution < 1.29 is 0 Å². The van der Waals surface area contributed by atoms with Crippen molar-refractivity contribution in [3.05, 3.63) is 34.0 Å². The molecule has 0 saturated heterocycles. The Morgan fingerprint density at radius 1 is 1.60 bits per heavy atom. The van der Waals surface area contributed by atoms with Crippen molar-refractivity contribution >= 4 is 11.3 Å². The Balaban J connectivity index is 1.88. The molecule has 0 aromatic carbocycles. The minimum absolute atomic E-state index is 0.351. The van der Waals surface area contributed by atoms with Crippen molar-refractivity contribution in [1.29, 1.82) is 0 Å². The van der Waals surface area contributed by atoms with E-state index < -0.39 is 0 Å². The molecule has 1 atom stereocenters. The lowest BCUT2D eigenvalue weighted by Gasteiger charge is -2.09. The number of aromatic nitrogens is 3. The van der Waals surface area contributed by atoms with Gasteiger partial charge in [-0.3, -0.25) is 5.10 Å². The average Bonchev–Trinajstić information content (AvgIpc) is 2.84. The molecule has 0 saturated carbocycles. The van der Waals surface area contributed by atoms with Gasteiger partial charge in [-0.2, -0.15) is 5.10 Å². The predicted octanol–water partition coefficient (Wildman–Crippen LogP) is 2.03. The van der Waals surface area contributed by atoms with Gasteiger partial charge in [0.1, 0.15) is 5.82 Å². The highest BCUT2D eigenvalue weighted by Crippen LogP contribution is 2.18. The predicted molar refractivity (Wildman–Crippen MR) is 60.7 cm³/mol. The first-order valence-corrected chi connectivity index (χ1v) is 5.78. The van der Waals surface area contributed by atoms with Crippen molar-refractivity contribution in [3.63, 3.8) is 0 Å². The molecule has 2 N–H and O–H groups in total. The van der Waals surface area contributed by atoms with E-state index in [-0.39, 0.29) is 0 Å². The molecule has 0 aliphatic rings. The molecule has 0 fully saturated rings. The first-order chi connectivity index (χ1) is 7.25. The van der Waals surface area contributed by atoms with E-state index in [1.807, 2.05) is 6.92 Å². The molecule has 2 rings (SSSR count). The fraction of sp³-hybridized carbons (Fsp3) is 0.400. The molecule has 0 radical (unpaired) electrons. The number of H-pyrrole nitrogens is 1. The smallest absolute Gasteiger partial charge is 0.164 e. The first kappa shape index (κ1) is 10.3. The summed E-state index contributed by atoms with van der Waals surface area (Å²) in [5.74, 6) is 1.67. The van der Waals surface area contributed by atoms with Crippen molar-refractivity contribution in [2.75, 3.05) is 0 Å². The van der Waals surface area contributed by atoms with Gasteiger partial charge in [0.25, 0.3) is 0 Å². The highest BCUT2D eigenvalue weighted by Gasteiger charge is 2.06. The fourth-order valence-electron chi connectivity index (χ4n) is 1.35. The molecule has 0 amide bonds. The van der Waals surface area contributed by atoms with Crippen LogP contribution in [-0.2, 0) is 6.54 Å². The number of nitrogens with one attached hydrogen (secondary N) is 2. The van der Waals surface area contributed by atoms with Crippen LogP contribution in [0.25, 0.3) is 0 Å². The summed E-state index contributed by atoms with van der Waals surface area (Å²) in [5, 5.41) is 12.4. The summed E-state index contributed by atoms with van der Waals surface area (Å²) in [6.07, 6.45) is 0. The SMILES string of the molecule is Cc1nc(CNC(C)c2cccs2)n[nH]1. The van der Waals surface area contributed by atoms with E-state index in [1.165, 1.54) is 4.88 Å². The van der Waals surface area contributed by atoms with E-state index in [9.17, 15) is 0 Å². The van der Waals surface area contributed by atoms with Crippen LogP contribution in [0.3, 0.4) is 0 Å². The topological polar surface area (TPSA) is 53.6 Å². The standard InChI is InChI=1S/C10H14N4S/c1-7(9-4-3-5-15-9)11-6-10-12-8(2)13-14-10/h3-5,7,11H,6H2,1-2H3,(H,12,13,14). The molecule has 2 aromatic heterocycles. The highest BCUT2D eigenvalue weighted by atomic mass is 32.1. The van der Waals surface area contributed by atoms with Gasteiger partial charge in [-0.05, 0) is 25.3 Å². The second-order valence-electron chi connectivity index (χ2n) is 3.46. The fourth-order valence-corrected chi connectivity index (χ4v) is 2.11. The molecule has 0 aliphatic heterocycles. The molecule has 2 heterocycles. The molecule has 80 valence electrons. The summed E-state index contributed by atoms with van der Waals surface area (Å²) >= 11 is 1.76. The molecule has 15 heavy (non-hydrogen) atoms. The van der Waals surface area contributed by atoms with Crippen LogP contribution >= 0.6 is 11.3 Å². The molecule has 0 spiro atoms. The molecule has 0 bridgehead atoms. The van der Waals surface area contributed by atoms with E-state index in [4.69, 9.17) is 0 Å². The van der Waals surface area contributed by atoms with E-state index in [2.05, 4.69) is 44.9 Å². The number of aromatic amines is 1. The van der Waals surface area contributed by atoms with Crippen LogP contribution in [0, 0.1) is 6.92 Å². The van der Waals surface area contributed by atoms with Gasteiger partial charge < -0.3 is 5.32 Å². The van der Waals surface area contributed by atoms with Crippen LogP contribution < -0.4 is 5.32 Å². The zero-order valence-electron chi connectivity index (χ0n) is 8.82. The first-order valence-electron chi connectivity index (χ1n) is 4.90. The second kappa shape index (κ2) is 4.55. The molecular formula is C10H14N4S. The van der Waals surface area contributed by atoms with Gasteiger partial charge in [-0.25, -0.2) is 4.98 Å². The summed E-state index contributed by atoms with van der Waals surface area (Å²) < 4.78 is 0. The Morgan fingerprint density at radius 2 is 2.47 bits per heavy atom. The maximum Gasteiger partial charge on any atom is 0.164 e. The molecule has 0 aliphatic carbocycles. The van der Waals surface area contributed by atoms with E-state index in [1.54, 1.807) is 11.3 Å². The number of nitrogens with zero attached hydrogens (tertiary/aromatic N) is 2. The second-order valence-corrected chi connectivity index (χ2v) is 4.43. The van der Waals surface area contributed by atoms with Gasteiger partial charge in [0.15, 0.2) is 5.82 Å². The Morgan fingerprint density at radius 3 is 3.07 bits per heavy atom. The molecule has 5 heteroatoms. The Labute approximate surface area is 92.8 Å². The average molecular weight is 222 g/mol. The quantitative estimate of drug-likeness (QED) is 0.832. The zero-order valence-corrected chi connectivity index (χ0v) is 9.64. The van der Waals surface area contributed by atoms with Crippen molar-refractivity contribution in [2.45, 2.75) is 26.4 Å². The lowest BCUT2D eigenvalue weighted by Crippen LogP contribution is -2.17. The number of aryl methyl sites for hydroxylation is 1. The monoisotopic (exact) mass is 222 g/mol. The summed E-state index contributed by atoms with van der Waals surface area (Å²) in [5.41, 5.74) is 0. The summed E-state index contributed by atoms with van der Waals surface area (Å²) in [6.45, 7) is 4.74. The minimum Gasteiger partial charge on any atom is -0.302 e. The van der Waals surface area contributed by atoms with Gasteiger partial charge in [0.05, 0.1) is 6.54 Å². The third kappa shape index (κ3) is 2.64. The van der Waals surface area contributed by atoms with Gasteiger partial charge in [-0.15, -0.1) is 11.3 Å². The van der Waals surface area contributed by atoms with Crippen molar-refractivity contribution in [3.8, 4) is 0 Å². The third-order valence-electron chi connectivity index (χ3n) is 2.18. The van der Waals surface area contributed by atoms with Crippen molar-refractivity contribution in [2.24, 2.45) is 0 Å². The highest BCUT2D eigenvalue weighted by molar-refractivity contribution is 7.10. The van der Waals surface area contributed by atoms with E-state index in [0.29, 0.717) is 12.6 Å². The van der Waals surface area contributed by atoms with Crippen molar-refractivity contribution in [1.82, 2.24) is 20.5 Å². The number of hydrogen-bond acceptors (Lipinski definition) is 4. The summed E-state index contributed by atoms with van der Waals surface area (Å²) in [4.78, 5) is 5.57. The Bertz CT molecular complexity index is 407. The van der Waals surface area contributed by atoms with Crippen LogP contribution in [0.4, 0.5) is 0 Å². The number of thiophene rings is 1. The molecule has 4 nitrogen and oxygen atoms in total. The Kier molecular flexibility index (Phi) is 3.13. The number of rotatable bonds is 4. The van der Waals surface area contributed by atoms with Gasteiger partial charge in [-0.1, -0.05) is 6.07 Å². The van der Waals surface area contributed by atoms with Crippen LogP contribution in [0.5, 0.6) is 0 Å². The van der Waals surface area contributed by atoms with Crippen LogP contribution in [-0.4, -0.2) is 15.2 Å². The van der Waals surface area contributed by atoms with Gasteiger partial charge in [0, 0.05) is 10.9 Å². The largest absolute Gasteiger partial charge is 0.302 e. The summed E-state index contributed by atoms with van der Waals surface area (Å²) in [6, 6.07) is 4.55. The Hall–Kier alpha value is -1.20. The maximum absolute atomic E-state index is 4.24. The van der Waals surface area contributed by atoms with E-state index >= 15 is 0 Å². The third-order valence-corrected chi connectivity index (χ3v) is 3.23. The van der Waals surface area contributed by atoms with Gasteiger partial charge in [0.2, 0.25) is 0 Å². The van der Waals surface area contributed by atoms with Crippen LogP contribution in [0.2, 0.25) is 0 Å². The minimum atomic E-state index is 0.351. The van der Waals surface area contributed by atoms with E-state index in [0.717, 1.165) is 11.6 Å². The lowest BCUT2D eigenvalue weighted by molar-refractivity contribution is 0.567.